The first kappa shape index (κ1) is 9.02. The van der Waals surface area contributed by atoms with E-state index in [0.29, 0.717) is 5.76 Å². The summed E-state index contributed by atoms with van der Waals surface area (Å²) in [4.78, 5) is 0. The molecule has 0 saturated carbocycles. The summed E-state index contributed by atoms with van der Waals surface area (Å²) in [6.45, 7) is 1.85. The van der Waals surface area contributed by atoms with Gasteiger partial charge in [-0.1, -0.05) is 0 Å². The first-order valence-corrected chi connectivity index (χ1v) is 4.40. The Balaban J connectivity index is 2.28. The monoisotopic (exact) mass is 192 g/mol. The van der Waals surface area contributed by atoms with Gasteiger partial charge in [-0.05, 0) is 19.1 Å². The van der Waals surface area contributed by atoms with Crippen LogP contribution in [0.2, 0.25) is 0 Å². The average molecular weight is 192 g/mol. The van der Waals surface area contributed by atoms with Crippen LogP contribution in [0.5, 0.6) is 0 Å². The van der Waals surface area contributed by atoms with Gasteiger partial charge in [-0.3, -0.25) is 4.68 Å². The molecule has 0 aromatic carbocycles. The largest absolute Gasteiger partial charge is 0.463 e. The fourth-order valence-electron chi connectivity index (χ4n) is 1.35. The number of aromatic nitrogens is 2. The summed E-state index contributed by atoms with van der Waals surface area (Å²) < 4.78 is 6.97. The van der Waals surface area contributed by atoms with E-state index in [-0.39, 0.29) is 0 Å². The van der Waals surface area contributed by atoms with Crippen LogP contribution in [0, 0.1) is 6.92 Å². The van der Waals surface area contributed by atoms with Gasteiger partial charge in [-0.2, -0.15) is 5.10 Å². The average Bonchev–Trinajstić information content (AvgIpc) is 2.73. The highest BCUT2D eigenvalue weighted by atomic mass is 16.4. The van der Waals surface area contributed by atoms with Crippen LogP contribution in [0.1, 0.15) is 23.2 Å². The van der Waals surface area contributed by atoms with Gasteiger partial charge in [0.05, 0.1) is 6.20 Å². The number of aryl methyl sites for hydroxylation is 2. The van der Waals surface area contributed by atoms with Crippen molar-refractivity contribution in [3.05, 3.63) is 41.6 Å². The molecule has 4 nitrogen and oxygen atoms in total. The Morgan fingerprint density at radius 1 is 1.50 bits per heavy atom. The van der Waals surface area contributed by atoms with Crippen LogP contribution in [-0.4, -0.2) is 14.9 Å². The lowest BCUT2D eigenvalue weighted by Crippen LogP contribution is -1.96. The quantitative estimate of drug-likeness (QED) is 0.782. The number of furan rings is 1. The number of aliphatic hydroxyl groups excluding tert-OH is 1. The van der Waals surface area contributed by atoms with E-state index < -0.39 is 6.10 Å². The Hall–Kier alpha value is -1.55. The number of hydrogen-bond acceptors (Lipinski definition) is 3. The maximum atomic E-state index is 9.87. The highest BCUT2D eigenvalue weighted by Gasteiger charge is 2.15. The minimum atomic E-state index is -0.725. The van der Waals surface area contributed by atoms with Crippen molar-refractivity contribution in [3.63, 3.8) is 0 Å². The zero-order valence-electron chi connectivity index (χ0n) is 8.14. The van der Waals surface area contributed by atoms with Crippen LogP contribution < -0.4 is 0 Å². The molecule has 0 saturated heterocycles. The molecule has 1 N–H and O–H groups in total. The van der Waals surface area contributed by atoms with Crippen LogP contribution in [0.3, 0.4) is 0 Å². The van der Waals surface area contributed by atoms with E-state index in [1.165, 1.54) is 0 Å². The molecular formula is C10H12N2O2. The lowest BCUT2D eigenvalue weighted by atomic mass is 10.1. The maximum Gasteiger partial charge on any atom is 0.140 e. The molecule has 2 aromatic rings. The molecular weight excluding hydrogens is 180 g/mol. The number of rotatable bonds is 2. The van der Waals surface area contributed by atoms with Crippen LogP contribution in [0.15, 0.2) is 28.9 Å². The fraction of sp³-hybridized carbons (Fsp3) is 0.300. The van der Waals surface area contributed by atoms with E-state index >= 15 is 0 Å². The molecule has 0 spiro atoms. The van der Waals surface area contributed by atoms with E-state index in [0.717, 1.165) is 11.3 Å². The van der Waals surface area contributed by atoms with E-state index in [2.05, 4.69) is 5.10 Å². The van der Waals surface area contributed by atoms with Gasteiger partial charge in [-0.15, -0.1) is 0 Å². The molecule has 0 aliphatic heterocycles. The molecule has 2 aromatic heterocycles. The summed E-state index contributed by atoms with van der Waals surface area (Å²) in [5.41, 5.74) is 0.738. The Morgan fingerprint density at radius 3 is 2.79 bits per heavy atom. The third-order valence-electron chi connectivity index (χ3n) is 2.07. The summed E-state index contributed by atoms with van der Waals surface area (Å²) in [5.74, 6) is 1.35. The van der Waals surface area contributed by atoms with Gasteiger partial charge < -0.3 is 9.52 Å². The van der Waals surface area contributed by atoms with Crippen molar-refractivity contribution in [1.29, 1.82) is 0 Å². The van der Waals surface area contributed by atoms with Crippen molar-refractivity contribution in [2.24, 2.45) is 7.05 Å². The molecule has 1 unspecified atom stereocenters. The van der Waals surface area contributed by atoms with Gasteiger partial charge in [0.2, 0.25) is 0 Å². The predicted molar refractivity (Wildman–Crippen MR) is 50.7 cm³/mol. The van der Waals surface area contributed by atoms with E-state index in [9.17, 15) is 5.11 Å². The van der Waals surface area contributed by atoms with Crippen molar-refractivity contribution >= 4 is 0 Å². The van der Waals surface area contributed by atoms with E-state index in [4.69, 9.17) is 4.42 Å². The Kier molecular flexibility index (Phi) is 2.13. The van der Waals surface area contributed by atoms with Crippen LogP contribution in [0.25, 0.3) is 0 Å². The highest BCUT2D eigenvalue weighted by molar-refractivity contribution is 5.20. The van der Waals surface area contributed by atoms with Crippen LogP contribution in [0.4, 0.5) is 0 Å². The van der Waals surface area contributed by atoms with Crippen molar-refractivity contribution in [2.45, 2.75) is 13.0 Å². The SMILES string of the molecule is Cc1ccc(C(O)c2cnn(C)c2)o1. The van der Waals surface area contributed by atoms with Crippen molar-refractivity contribution in [2.75, 3.05) is 0 Å². The lowest BCUT2D eigenvalue weighted by Gasteiger charge is -2.03. The number of nitrogens with zero attached hydrogens (tertiary/aromatic N) is 2. The molecule has 0 radical (unpaired) electrons. The smallest absolute Gasteiger partial charge is 0.140 e. The van der Waals surface area contributed by atoms with Gasteiger partial charge in [0.15, 0.2) is 0 Å². The second kappa shape index (κ2) is 3.31. The van der Waals surface area contributed by atoms with Crippen molar-refractivity contribution < 1.29 is 9.52 Å². The Labute approximate surface area is 81.8 Å². The number of aliphatic hydroxyl groups is 1. The van der Waals surface area contributed by atoms with Crippen LogP contribution in [-0.2, 0) is 7.05 Å². The van der Waals surface area contributed by atoms with E-state index in [1.54, 1.807) is 23.1 Å². The van der Waals surface area contributed by atoms with Gasteiger partial charge in [-0.25, -0.2) is 0 Å². The van der Waals surface area contributed by atoms with Crippen molar-refractivity contribution in [1.82, 2.24) is 9.78 Å². The first-order chi connectivity index (χ1) is 6.66. The highest BCUT2D eigenvalue weighted by Crippen LogP contribution is 2.22. The normalized spacial score (nSPS) is 13.1. The van der Waals surface area contributed by atoms with Crippen LogP contribution >= 0.6 is 0 Å². The molecule has 0 bridgehead atoms. The molecule has 14 heavy (non-hydrogen) atoms. The summed E-state index contributed by atoms with van der Waals surface area (Å²) >= 11 is 0. The maximum absolute atomic E-state index is 9.87. The van der Waals surface area contributed by atoms with E-state index in [1.807, 2.05) is 20.0 Å². The second-order valence-electron chi connectivity index (χ2n) is 3.30. The zero-order valence-corrected chi connectivity index (χ0v) is 8.14. The topological polar surface area (TPSA) is 51.2 Å². The molecule has 1 atom stereocenters. The summed E-state index contributed by atoms with van der Waals surface area (Å²) in [6, 6.07) is 3.60. The second-order valence-corrected chi connectivity index (χ2v) is 3.30. The van der Waals surface area contributed by atoms with Crippen molar-refractivity contribution in [3.8, 4) is 0 Å². The first-order valence-electron chi connectivity index (χ1n) is 4.40. The molecule has 4 heteroatoms. The standard InChI is InChI=1S/C10H12N2O2/c1-7-3-4-9(14-7)10(13)8-5-11-12(2)6-8/h3-6,10,13H,1-2H3. The summed E-state index contributed by atoms with van der Waals surface area (Å²) in [7, 11) is 1.81. The number of hydrogen-bond donors (Lipinski definition) is 1. The zero-order chi connectivity index (χ0) is 10.1. The molecule has 0 amide bonds. The minimum absolute atomic E-state index is 0.551. The summed E-state index contributed by atoms with van der Waals surface area (Å²) in [5, 5.41) is 13.9. The molecule has 2 rings (SSSR count). The van der Waals surface area contributed by atoms with Gasteiger partial charge in [0.25, 0.3) is 0 Å². The third-order valence-corrected chi connectivity index (χ3v) is 2.07. The third kappa shape index (κ3) is 1.56. The molecule has 74 valence electrons. The molecule has 2 heterocycles. The minimum Gasteiger partial charge on any atom is -0.463 e. The Bertz CT molecular complexity index is 391. The van der Waals surface area contributed by atoms with Gasteiger partial charge >= 0.3 is 0 Å². The van der Waals surface area contributed by atoms with Gasteiger partial charge in [0.1, 0.15) is 17.6 Å². The fourth-order valence-corrected chi connectivity index (χ4v) is 1.35. The lowest BCUT2D eigenvalue weighted by molar-refractivity contribution is 0.187. The molecule has 0 fully saturated rings. The molecule has 0 aliphatic rings. The Morgan fingerprint density at radius 2 is 2.29 bits per heavy atom. The molecule has 0 aliphatic carbocycles. The summed E-state index contributed by atoms with van der Waals surface area (Å²) in [6.07, 6.45) is 2.67. The van der Waals surface area contributed by atoms with Gasteiger partial charge in [0, 0.05) is 18.8 Å². The predicted octanol–water partition coefficient (Wildman–Crippen LogP) is 1.40.